The number of nitrogens with zero attached hydrogens (tertiary/aromatic N) is 2. The van der Waals surface area contributed by atoms with Crippen molar-refractivity contribution in [3.8, 4) is 11.1 Å². The normalized spacial score (nSPS) is 15.7. The van der Waals surface area contributed by atoms with Crippen LogP contribution in [0.5, 0.6) is 0 Å². The second-order valence-corrected chi connectivity index (χ2v) is 8.21. The van der Waals surface area contributed by atoms with Gasteiger partial charge in [0.1, 0.15) is 0 Å². The second kappa shape index (κ2) is 6.66. The maximum atomic E-state index is 12.6. The molecule has 1 aliphatic rings. The molecule has 0 saturated heterocycles. The van der Waals surface area contributed by atoms with E-state index in [0.717, 1.165) is 24.0 Å². The lowest BCUT2D eigenvalue weighted by Gasteiger charge is -2.11. The summed E-state index contributed by atoms with van der Waals surface area (Å²) in [7, 11) is -3.68. The highest BCUT2D eigenvalue weighted by molar-refractivity contribution is 7.89. The van der Waals surface area contributed by atoms with E-state index in [1.165, 1.54) is 0 Å². The maximum absolute atomic E-state index is 12.6. The molecule has 7 heteroatoms. The Morgan fingerprint density at radius 1 is 1.04 bits per heavy atom. The van der Waals surface area contributed by atoms with Crippen molar-refractivity contribution in [1.82, 2.24) is 14.9 Å². The minimum Gasteiger partial charge on any atom is -0.338 e. The molecule has 1 N–H and O–H groups in total. The van der Waals surface area contributed by atoms with Crippen molar-refractivity contribution in [2.75, 3.05) is 0 Å². The lowest BCUT2D eigenvalue weighted by atomic mass is 10.1. The van der Waals surface area contributed by atoms with Gasteiger partial charge in [0.25, 0.3) is 0 Å². The number of benzene rings is 2. The van der Waals surface area contributed by atoms with Gasteiger partial charge in [-0.25, -0.2) is 8.42 Å². The van der Waals surface area contributed by atoms with Crippen LogP contribution in [0.2, 0.25) is 0 Å². The predicted octanol–water partition coefficient (Wildman–Crippen LogP) is 3.65. The van der Waals surface area contributed by atoms with Crippen molar-refractivity contribution in [2.45, 2.75) is 36.6 Å². The molecule has 1 aliphatic carbocycles. The third kappa shape index (κ3) is 3.54. The van der Waals surface area contributed by atoms with E-state index >= 15 is 0 Å². The number of rotatable bonds is 6. The van der Waals surface area contributed by atoms with E-state index in [-0.39, 0.29) is 10.8 Å². The monoisotopic (exact) mass is 369 g/mol. The molecule has 1 fully saturated rings. The molecule has 6 nitrogen and oxygen atoms in total. The quantitative estimate of drug-likeness (QED) is 0.717. The largest absolute Gasteiger partial charge is 0.338 e. The Balaban J connectivity index is 1.50. The molecule has 0 spiro atoms. The molecule has 26 heavy (non-hydrogen) atoms. The Kier molecular flexibility index (Phi) is 4.34. The van der Waals surface area contributed by atoms with Crippen molar-refractivity contribution < 1.29 is 12.9 Å². The summed E-state index contributed by atoms with van der Waals surface area (Å²) < 4.78 is 33.0. The molecule has 2 aromatic carbocycles. The summed E-state index contributed by atoms with van der Waals surface area (Å²) in [6, 6.07) is 16.0. The van der Waals surface area contributed by atoms with Crippen LogP contribution in [0.4, 0.5) is 0 Å². The van der Waals surface area contributed by atoms with Gasteiger partial charge in [-0.05, 0) is 43.0 Å². The van der Waals surface area contributed by atoms with Gasteiger partial charge in [0.15, 0.2) is 5.82 Å². The predicted molar refractivity (Wildman–Crippen MR) is 96.9 cm³/mol. The van der Waals surface area contributed by atoms with Crippen LogP contribution in [0.1, 0.15) is 43.4 Å². The summed E-state index contributed by atoms with van der Waals surface area (Å²) in [4.78, 5) is 4.50. The van der Waals surface area contributed by atoms with E-state index in [1.807, 2.05) is 30.3 Å². The van der Waals surface area contributed by atoms with Gasteiger partial charge in [-0.1, -0.05) is 47.6 Å². The lowest BCUT2D eigenvalue weighted by molar-refractivity contribution is 0.349. The third-order valence-electron chi connectivity index (χ3n) is 4.37. The highest BCUT2D eigenvalue weighted by atomic mass is 32.2. The first-order valence-electron chi connectivity index (χ1n) is 8.54. The lowest BCUT2D eigenvalue weighted by Crippen LogP contribution is -2.27. The van der Waals surface area contributed by atoms with Crippen LogP contribution < -0.4 is 4.72 Å². The van der Waals surface area contributed by atoms with Crippen molar-refractivity contribution in [3.05, 3.63) is 66.3 Å². The van der Waals surface area contributed by atoms with Gasteiger partial charge in [-0.3, -0.25) is 0 Å². The molecular weight excluding hydrogens is 350 g/mol. The summed E-state index contributed by atoms with van der Waals surface area (Å²) in [6.07, 6.45) is 2.12. The Bertz CT molecular complexity index is 994. The zero-order chi connectivity index (χ0) is 18.1. The first-order chi connectivity index (χ1) is 12.5. The van der Waals surface area contributed by atoms with Crippen LogP contribution in [-0.4, -0.2) is 18.6 Å². The van der Waals surface area contributed by atoms with E-state index in [1.54, 1.807) is 31.2 Å². The van der Waals surface area contributed by atoms with Crippen molar-refractivity contribution in [2.24, 2.45) is 0 Å². The van der Waals surface area contributed by atoms with Gasteiger partial charge in [-0.15, -0.1) is 0 Å². The molecule has 0 radical (unpaired) electrons. The fourth-order valence-corrected chi connectivity index (χ4v) is 3.94. The zero-order valence-electron chi connectivity index (χ0n) is 14.3. The average Bonchev–Trinajstić information content (AvgIpc) is 3.39. The van der Waals surface area contributed by atoms with Gasteiger partial charge in [0.05, 0.1) is 10.9 Å². The van der Waals surface area contributed by atoms with Gasteiger partial charge >= 0.3 is 0 Å². The molecular formula is C19H19N3O3S. The Labute approximate surface area is 152 Å². The second-order valence-electron chi connectivity index (χ2n) is 6.50. The van der Waals surface area contributed by atoms with Gasteiger partial charge < -0.3 is 4.52 Å². The van der Waals surface area contributed by atoms with Gasteiger partial charge in [0.2, 0.25) is 15.9 Å². The van der Waals surface area contributed by atoms with Crippen LogP contribution in [0.15, 0.2) is 64.0 Å². The number of hydrogen-bond acceptors (Lipinski definition) is 5. The summed E-state index contributed by atoms with van der Waals surface area (Å²) >= 11 is 0. The van der Waals surface area contributed by atoms with Crippen LogP contribution in [0.3, 0.4) is 0 Å². The van der Waals surface area contributed by atoms with Gasteiger partial charge in [0, 0.05) is 5.92 Å². The van der Waals surface area contributed by atoms with Crippen LogP contribution in [0.25, 0.3) is 11.1 Å². The minimum absolute atomic E-state index is 0.200. The van der Waals surface area contributed by atoms with E-state index in [2.05, 4.69) is 14.9 Å². The highest BCUT2D eigenvalue weighted by Gasteiger charge is 2.30. The molecule has 0 amide bonds. The van der Waals surface area contributed by atoms with E-state index in [0.29, 0.717) is 11.7 Å². The van der Waals surface area contributed by atoms with Crippen molar-refractivity contribution in [1.29, 1.82) is 0 Å². The fraction of sp³-hybridized carbons (Fsp3) is 0.263. The van der Waals surface area contributed by atoms with E-state index in [4.69, 9.17) is 4.52 Å². The summed E-state index contributed by atoms with van der Waals surface area (Å²) in [5, 5.41) is 3.93. The first-order valence-corrected chi connectivity index (χ1v) is 10.0. The molecule has 0 unspecified atom stereocenters. The van der Waals surface area contributed by atoms with Crippen molar-refractivity contribution >= 4 is 10.0 Å². The molecule has 4 rings (SSSR count). The zero-order valence-corrected chi connectivity index (χ0v) is 15.1. The number of sulfonamides is 1. The van der Waals surface area contributed by atoms with Gasteiger partial charge in [-0.2, -0.15) is 9.71 Å². The fourth-order valence-electron chi connectivity index (χ4n) is 2.74. The molecule has 1 heterocycles. The number of nitrogens with one attached hydrogen (secondary N) is 1. The Hall–Kier alpha value is -2.51. The molecule has 1 aromatic heterocycles. The third-order valence-corrected chi connectivity index (χ3v) is 5.93. The maximum Gasteiger partial charge on any atom is 0.244 e. The molecule has 1 saturated carbocycles. The number of hydrogen-bond donors (Lipinski definition) is 1. The summed E-state index contributed by atoms with van der Waals surface area (Å²) in [5.74, 6) is 1.32. The standard InChI is InChI=1S/C19H19N3O3S/c1-13(19-20-18(21-25-19)16-7-8-16)22-26(23,24)17-11-9-15(10-12-17)14-5-3-2-4-6-14/h2-6,9-13,16,22H,7-8H2,1H3/t13-/m0/s1. The van der Waals surface area contributed by atoms with E-state index < -0.39 is 16.1 Å². The molecule has 0 aliphatic heterocycles. The summed E-state index contributed by atoms with van der Waals surface area (Å²) in [5.41, 5.74) is 2.00. The molecule has 1 atom stereocenters. The summed E-state index contributed by atoms with van der Waals surface area (Å²) in [6.45, 7) is 1.69. The topological polar surface area (TPSA) is 85.1 Å². The average molecular weight is 369 g/mol. The SMILES string of the molecule is C[C@H](NS(=O)(=O)c1ccc(-c2ccccc2)cc1)c1nc(C2CC2)no1. The highest BCUT2D eigenvalue weighted by Crippen LogP contribution is 2.38. The number of aromatic nitrogens is 2. The Morgan fingerprint density at radius 2 is 1.69 bits per heavy atom. The van der Waals surface area contributed by atoms with Crippen LogP contribution in [0, 0.1) is 0 Å². The first kappa shape index (κ1) is 16.9. The Morgan fingerprint density at radius 3 is 2.35 bits per heavy atom. The minimum atomic E-state index is -3.68. The van der Waals surface area contributed by atoms with Crippen LogP contribution in [-0.2, 0) is 10.0 Å². The van der Waals surface area contributed by atoms with Crippen molar-refractivity contribution in [3.63, 3.8) is 0 Å². The molecule has 0 bridgehead atoms. The smallest absolute Gasteiger partial charge is 0.244 e. The van der Waals surface area contributed by atoms with Crippen LogP contribution >= 0.6 is 0 Å². The molecule has 3 aromatic rings. The molecule has 134 valence electrons. The van der Waals surface area contributed by atoms with E-state index in [9.17, 15) is 8.42 Å².